The van der Waals surface area contributed by atoms with Gasteiger partial charge in [-0.05, 0) is 48.2 Å². The first-order chi connectivity index (χ1) is 12.5. The zero-order valence-corrected chi connectivity index (χ0v) is 15.1. The minimum absolute atomic E-state index is 0.111. The van der Waals surface area contributed by atoms with Gasteiger partial charge in [0.15, 0.2) is 0 Å². The molecule has 0 aliphatic rings. The second-order valence-electron chi connectivity index (χ2n) is 6.28. The molecule has 0 saturated carbocycles. The van der Waals surface area contributed by atoms with Crippen molar-refractivity contribution < 1.29 is 13.9 Å². The van der Waals surface area contributed by atoms with Gasteiger partial charge in [0.2, 0.25) is 5.91 Å². The first-order valence-electron chi connectivity index (χ1n) is 8.40. The zero-order valence-electron chi connectivity index (χ0n) is 15.1. The maximum atomic E-state index is 12.2. The molecule has 5 heteroatoms. The standard InChI is InChI=1S/C21H21NO4/c1-13-4-9-18-16(11-20(24)26-21(18)14(13)2)12-22-19(23)10-15-5-7-17(25-3)8-6-15/h4-9,11H,10,12H2,1-3H3,(H,22,23). The van der Waals surface area contributed by atoms with Crippen molar-refractivity contribution >= 4 is 16.9 Å². The second-order valence-corrected chi connectivity index (χ2v) is 6.28. The van der Waals surface area contributed by atoms with Crippen LogP contribution >= 0.6 is 0 Å². The average Bonchev–Trinajstić information content (AvgIpc) is 2.64. The minimum Gasteiger partial charge on any atom is -0.497 e. The van der Waals surface area contributed by atoms with Gasteiger partial charge in [-0.1, -0.05) is 24.3 Å². The van der Waals surface area contributed by atoms with Crippen molar-refractivity contribution in [3.8, 4) is 5.75 Å². The summed E-state index contributed by atoms with van der Waals surface area (Å²) in [4.78, 5) is 24.1. The Kier molecular flexibility index (Phi) is 5.07. The third-order valence-electron chi connectivity index (χ3n) is 4.52. The molecule has 0 unspecified atom stereocenters. The molecule has 0 spiro atoms. The SMILES string of the molecule is COc1ccc(CC(=O)NCc2cc(=O)oc3c(C)c(C)ccc23)cc1. The molecule has 26 heavy (non-hydrogen) atoms. The van der Waals surface area contributed by atoms with Crippen LogP contribution in [0.2, 0.25) is 0 Å². The van der Waals surface area contributed by atoms with Crippen LogP contribution in [0.4, 0.5) is 0 Å². The Labute approximate surface area is 151 Å². The molecule has 3 rings (SSSR count). The van der Waals surface area contributed by atoms with Crippen LogP contribution in [0.5, 0.6) is 5.75 Å². The molecule has 1 aromatic heterocycles. The average molecular weight is 351 g/mol. The van der Waals surface area contributed by atoms with E-state index in [0.29, 0.717) is 5.58 Å². The molecule has 0 radical (unpaired) electrons. The van der Waals surface area contributed by atoms with Gasteiger partial charge < -0.3 is 14.5 Å². The highest BCUT2D eigenvalue weighted by Gasteiger charge is 2.11. The Balaban J connectivity index is 1.75. The summed E-state index contributed by atoms with van der Waals surface area (Å²) in [5, 5.41) is 3.72. The maximum Gasteiger partial charge on any atom is 0.336 e. The van der Waals surface area contributed by atoms with Crippen molar-refractivity contribution in [3.05, 3.63) is 75.1 Å². The number of benzene rings is 2. The predicted octanol–water partition coefficient (Wildman–Crippen LogP) is 3.28. The molecule has 3 aromatic rings. The van der Waals surface area contributed by atoms with Crippen molar-refractivity contribution in [2.45, 2.75) is 26.8 Å². The normalized spacial score (nSPS) is 10.7. The van der Waals surface area contributed by atoms with Crippen molar-refractivity contribution in [1.82, 2.24) is 5.32 Å². The molecule has 0 saturated heterocycles. The molecule has 0 aliphatic carbocycles. The lowest BCUT2D eigenvalue weighted by molar-refractivity contribution is -0.120. The number of methoxy groups -OCH3 is 1. The fourth-order valence-electron chi connectivity index (χ4n) is 2.86. The first-order valence-corrected chi connectivity index (χ1v) is 8.40. The molecular formula is C21H21NO4. The van der Waals surface area contributed by atoms with Crippen LogP contribution < -0.4 is 15.7 Å². The molecule has 0 aliphatic heterocycles. The zero-order chi connectivity index (χ0) is 18.7. The molecule has 2 aromatic carbocycles. The number of carbonyl (C=O) groups excluding carboxylic acids is 1. The third-order valence-corrected chi connectivity index (χ3v) is 4.52. The summed E-state index contributed by atoms with van der Waals surface area (Å²) in [6, 6.07) is 12.7. The van der Waals surface area contributed by atoms with Crippen molar-refractivity contribution in [2.24, 2.45) is 0 Å². The Bertz CT molecular complexity index is 1000. The van der Waals surface area contributed by atoms with Crippen LogP contribution in [-0.2, 0) is 17.8 Å². The van der Waals surface area contributed by atoms with E-state index in [1.165, 1.54) is 6.07 Å². The molecule has 0 bridgehead atoms. The lowest BCUT2D eigenvalue weighted by atomic mass is 10.0. The van der Waals surface area contributed by atoms with E-state index >= 15 is 0 Å². The highest BCUT2D eigenvalue weighted by atomic mass is 16.5. The van der Waals surface area contributed by atoms with Crippen LogP contribution in [0.3, 0.4) is 0 Å². The van der Waals surface area contributed by atoms with Crippen LogP contribution in [0.25, 0.3) is 11.0 Å². The van der Waals surface area contributed by atoms with Crippen LogP contribution in [-0.4, -0.2) is 13.0 Å². The van der Waals surface area contributed by atoms with Crippen LogP contribution in [0.15, 0.2) is 51.7 Å². The van der Waals surface area contributed by atoms with Crippen molar-refractivity contribution in [2.75, 3.05) is 7.11 Å². The molecule has 134 valence electrons. The van der Waals surface area contributed by atoms with Gasteiger partial charge in [0.25, 0.3) is 0 Å². The molecule has 0 fully saturated rings. The van der Waals surface area contributed by atoms with E-state index in [9.17, 15) is 9.59 Å². The number of ether oxygens (including phenoxy) is 1. The van der Waals surface area contributed by atoms with Gasteiger partial charge in [-0.3, -0.25) is 4.79 Å². The number of nitrogens with one attached hydrogen (secondary N) is 1. The highest BCUT2D eigenvalue weighted by molar-refractivity contribution is 5.85. The summed E-state index contributed by atoms with van der Waals surface area (Å²) in [5.74, 6) is 0.641. The van der Waals surface area contributed by atoms with Crippen LogP contribution in [0, 0.1) is 13.8 Å². The predicted molar refractivity (Wildman–Crippen MR) is 101 cm³/mol. The number of carbonyl (C=O) groups is 1. The van der Waals surface area contributed by atoms with Gasteiger partial charge in [0.1, 0.15) is 11.3 Å². The summed E-state index contributed by atoms with van der Waals surface area (Å²) in [6.45, 7) is 4.17. The van der Waals surface area contributed by atoms with Gasteiger partial charge in [0.05, 0.1) is 13.5 Å². The fraction of sp³-hybridized carbons (Fsp3) is 0.238. The fourth-order valence-corrected chi connectivity index (χ4v) is 2.86. The lowest BCUT2D eigenvalue weighted by Gasteiger charge is -2.10. The molecule has 1 N–H and O–H groups in total. The Hall–Kier alpha value is -3.08. The quantitative estimate of drug-likeness (QED) is 0.716. The molecule has 1 amide bonds. The largest absolute Gasteiger partial charge is 0.497 e. The molecular weight excluding hydrogens is 330 g/mol. The van der Waals surface area contributed by atoms with E-state index in [1.54, 1.807) is 7.11 Å². The van der Waals surface area contributed by atoms with Gasteiger partial charge in [0, 0.05) is 18.0 Å². The van der Waals surface area contributed by atoms with Crippen LogP contribution in [0.1, 0.15) is 22.3 Å². The van der Waals surface area contributed by atoms with E-state index in [4.69, 9.17) is 9.15 Å². The van der Waals surface area contributed by atoms with E-state index in [0.717, 1.165) is 33.4 Å². The molecule has 1 heterocycles. The number of rotatable bonds is 5. The van der Waals surface area contributed by atoms with Crippen molar-refractivity contribution in [1.29, 1.82) is 0 Å². The third kappa shape index (κ3) is 3.77. The topological polar surface area (TPSA) is 68.5 Å². The smallest absolute Gasteiger partial charge is 0.336 e. The first kappa shape index (κ1) is 17.7. The van der Waals surface area contributed by atoms with E-state index in [-0.39, 0.29) is 18.9 Å². The molecule has 5 nitrogen and oxygen atoms in total. The Morgan fingerprint density at radius 2 is 1.85 bits per heavy atom. The minimum atomic E-state index is -0.411. The number of hydrogen-bond acceptors (Lipinski definition) is 4. The number of fused-ring (bicyclic) bond motifs is 1. The number of hydrogen-bond donors (Lipinski definition) is 1. The van der Waals surface area contributed by atoms with Gasteiger partial charge in [-0.25, -0.2) is 4.79 Å². The van der Waals surface area contributed by atoms with Gasteiger partial charge in [-0.2, -0.15) is 0 Å². The maximum absolute atomic E-state index is 12.2. The summed E-state index contributed by atoms with van der Waals surface area (Å²) in [5.41, 5.74) is 3.81. The summed E-state index contributed by atoms with van der Waals surface area (Å²) >= 11 is 0. The second kappa shape index (κ2) is 7.44. The Morgan fingerprint density at radius 1 is 1.12 bits per heavy atom. The van der Waals surface area contributed by atoms with Gasteiger partial charge in [-0.15, -0.1) is 0 Å². The van der Waals surface area contributed by atoms with Gasteiger partial charge >= 0.3 is 5.63 Å². The highest BCUT2D eigenvalue weighted by Crippen LogP contribution is 2.23. The summed E-state index contributed by atoms with van der Waals surface area (Å²) < 4.78 is 10.5. The monoisotopic (exact) mass is 351 g/mol. The number of amides is 1. The van der Waals surface area contributed by atoms with Crippen molar-refractivity contribution in [3.63, 3.8) is 0 Å². The Morgan fingerprint density at radius 3 is 2.54 bits per heavy atom. The molecule has 0 atom stereocenters. The van der Waals surface area contributed by atoms with E-state index in [1.807, 2.05) is 50.2 Å². The van der Waals surface area contributed by atoms with E-state index < -0.39 is 5.63 Å². The lowest BCUT2D eigenvalue weighted by Crippen LogP contribution is -2.25. The number of aryl methyl sites for hydroxylation is 2. The van der Waals surface area contributed by atoms with E-state index in [2.05, 4.69) is 5.32 Å². The summed E-state index contributed by atoms with van der Waals surface area (Å²) in [7, 11) is 1.60. The summed E-state index contributed by atoms with van der Waals surface area (Å²) in [6.07, 6.45) is 0.265.